The third-order valence-corrected chi connectivity index (χ3v) is 10.4. The van der Waals surface area contributed by atoms with Crippen LogP contribution in [0.3, 0.4) is 0 Å². The number of halogens is 3. The van der Waals surface area contributed by atoms with Gasteiger partial charge in [-0.15, -0.1) is 0 Å². The highest BCUT2D eigenvalue weighted by Gasteiger charge is 2.52. The molecule has 0 radical (unpaired) electrons. The number of carbonyl (C=O) groups excluding carboxylic acids is 3. The van der Waals surface area contributed by atoms with E-state index in [0.29, 0.717) is 63.5 Å². The molecule has 3 aliphatic rings. The Morgan fingerprint density at radius 2 is 1.38 bits per heavy atom. The van der Waals surface area contributed by atoms with Crippen molar-refractivity contribution >= 4 is 17.6 Å². The van der Waals surface area contributed by atoms with Crippen LogP contribution in [0.5, 0.6) is 0 Å². The van der Waals surface area contributed by atoms with Gasteiger partial charge in [0.25, 0.3) is 11.8 Å². The van der Waals surface area contributed by atoms with Crippen molar-refractivity contribution in [1.82, 2.24) is 14.7 Å². The first-order chi connectivity index (χ1) is 22.6. The minimum Gasteiger partial charge on any atom is -0.339 e. The van der Waals surface area contributed by atoms with Gasteiger partial charge in [-0.05, 0) is 105 Å². The third-order valence-electron chi connectivity index (χ3n) is 10.4. The number of ketones is 1. The quantitative estimate of drug-likeness (QED) is 0.252. The SMILES string of the molecule is O=C1C(=O)C2(CCN(CCc3ccc(C(F)(F)F)cc3)CC2)CN1Cc1ccc(C(=O)N2CCC(CCc3ccccc3)CC2)cc1. The molecule has 3 fully saturated rings. The van der Waals surface area contributed by atoms with Crippen molar-refractivity contribution in [3.63, 3.8) is 0 Å². The fraction of sp³-hybridized carbons (Fsp3) is 0.447. The van der Waals surface area contributed by atoms with Crippen LogP contribution in [0.1, 0.15) is 64.7 Å². The molecule has 0 aromatic heterocycles. The second kappa shape index (κ2) is 14.0. The monoisotopic (exact) mass is 645 g/mol. The maximum Gasteiger partial charge on any atom is 0.416 e. The van der Waals surface area contributed by atoms with E-state index in [9.17, 15) is 27.6 Å². The molecule has 0 aliphatic carbocycles. The Kier molecular flexibility index (Phi) is 9.82. The first-order valence-corrected chi connectivity index (χ1v) is 16.7. The number of piperidine rings is 2. The number of rotatable bonds is 9. The van der Waals surface area contributed by atoms with Crippen LogP contribution in [0.15, 0.2) is 78.9 Å². The van der Waals surface area contributed by atoms with Crippen LogP contribution >= 0.6 is 0 Å². The van der Waals surface area contributed by atoms with Crippen molar-refractivity contribution < 1.29 is 27.6 Å². The number of nitrogens with zero attached hydrogens (tertiary/aromatic N) is 3. The standard InChI is InChI=1S/C38H42F3N3O3/c39-38(40,41)33-14-10-29(11-15-33)16-21-42-24-19-37(20-25-42)27-44(36(47)34(37)45)26-31-8-12-32(13-9-31)35(46)43-22-17-30(18-23-43)7-6-28-4-2-1-3-5-28/h1-5,8-15,30H,6-7,16-27H2. The lowest BCUT2D eigenvalue weighted by molar-refractivity contribution is -0.143. The minimum absolute atomic E-state index is 0.0366. The van der Waals surface area contributed by atoms with Crippen LogP contribution in [0.25, 0.3) is 0 Å². The van der Waals surface area contributed by atoms with E-state index in [0.717, 1.165) is 62.0 Å². The number of carbonyl (C=O) groups is 3. The Bertz CT molecular complexity index is 1540. The summed E-state index contributed by atoms with van der Waals surface area (Å²) in [5, 5.41) is 0. The summed E-state index contributed by atoms with van der Waals surface area (Å²) < 4.78 is 38.5. The Labute approximate surface area is 274 Å². The lowest BCUT2D eigenvalue weighted by atomic mass is 9.76. The number of aryl methyl sites for hydroxylation is 1. The second-order valence-corrected chi connectivity index (χ2v) is 13.5. The molecule has 47 heavy (non-hydrogen) atoms. The number of alkyl halides is 3. The zero-order valence-corrected chi connectivity index (χ0v) is 26.7. The summed E-state index contributed by atoms with van der Waals surface area (Å²) in [5.74, 6) is -0.0996. The molecule has 0 N–H and O–H groups in total. The van der Waals surface area contributed by atoms with Gasteiger partial charge in [0.2, 0.25) is 5.78 Å². The van der Waals surface area contributed by atoms with Crippen molar-refractivity contribution in [3.05, 3.63) is 107 Å². The van der Waals surface area contributed by atoms with E-state index in [4.69, 9.17) is 0 Å². The first kappa shape index (κ1) is 32.9. The average Bonchev–Trinajstić information content (AvgIpc) is 3.31. The Morgan fingerprint density at radius 3 is 2.02 bits per heavy atom. The Balaban J connectivity index is 0.953. The van der Waals surface area contributed by atoms with Crippen LogP contribution < -0.4 is 0 Å². The smallest absolute Gasteiger partial charge is 0.339 e. The highest BCUT2D eigenvalue weighted by Crippen LogP contribution is 2.39. The zero-order chi connectivity index (χ0) is 33.0. The molecule has 248 valence electrons. The number of Topliss-reactive ketones (excluding diaryl/α,β-unsaturated/α-hetero) is 1. The van der Waals surface area contributed by atoms with Gasteiger partial charge < -0.3 is 14.7 Å². The molecule has 3 aromatic carbocycles. The van der Waals surface area contributed by atoms with Crippen LogP contribution in [0.4, 0.5) is 13.2 Å². The lowest BCUT2D eigenvalue weighted by Crippen LogP contribution is -2.45. The van der Waals surface area contributed by atoms with E-state index < -0.39 is 23.1 Å². The van der Waals surface area contributed by atoms with Crippen LogP contribution in [0, 0.1) is 11.3 Å². The number of amides is 2. The van der Waals surface area contributed by atoms with Crippen LogP contribution in [0.2, 0.25) is 0 Å². The molecular weight excluding hydrogens is 603 g/mol. The van der Waals surface area contributed by atoms with Gasteiger partial charge in [-0.25, -0.2) is 0 Å². The van der Waals surface area contributed by atoms with Crippen molar-refractivity contribution in [2.24, 2.45) is 11.3 Å². The normalized spacial score (nSPS) is 19.1. The first-order valence-electron chi connectivity index (χ1n) is 16.7. The maximum atomic E-state index is 13.2. The summed E-state index contributed by atoms with van der Waals surface area (Å²) in [6, 6.07) is 23.2. The van der Waals surface area contributed by atoms with E-state index in [1.54, 1.807) is 4.90 Å². The van der Waals surface area contributed by atoms with Gasteiger partial charge in [0.05, 0.1) is 11.0 Å². The fourth-order valence-electron chi connectivity index (χ4n) is 7.34. The topological polar surface area (TPSA) is 60.9 Å². The van der Waals surface area contributed by atoms with E-state index in [1.807, 2.05) is 35.2 Å². The summed E-state index contributed by atoms with van der Waals surface area (Å²) >= 11 is 0. The number of likely N-dealkylation sites (tertiary alicyclic amines) is 3. The van der Waals surface area contributed by atoms with Gasteiger partial charge in [0.1, 0.15) is 0 Å². The molecule has 1 spiro atoms. The second-order valence-electron chi connectivity index (χ2n) is 13.5. The molecule has 9 heteroatoms. The molecule has 2 amide bonds. The fourth-order valence-corrected chi connectivity index (χ4v) is 7.34. The molecule has 0 bridgehead atoms. The van der Waals surface area contributed by atoms with Gasteiger partial charge in [0, 0.05) is 38.3 Å². The minimum atomic E-state index is -4.35. The summed E-state index contributed by atoms with van der Waals surface area (Å²) in [6.07, 6.45) is 1.68. The number of hydrogen-bond acceptors (Lipinski definition) is 4. The predicted octanol–water partition coefficient (Wildman–Crippen LogP) is 6.43. The van der Waals surface area contributed by atoms with Gasteiger partial charge in [-0.2, -0.15) is 13.2 Å². The summed E-state index contributed by atoms with van der Waals surface area (Å²) in [6.45, 7) is 4.24. The van der Waals surface area contributed by atoms with Crippen molar-refractivity contribution in [3.8, 4) is 0 Å². The molecule has 3 saturated heterocycles. The van der Waals surface area contributed by atoms with Crippen molar-refractivity contribution in [2.75, 3.05) is 39.3 Å². The van der Waals surface area contributed by atoms with Crippen LogP contribution in [-0.2, 0) is 35.2 Å². The van der Waals surface area contributed by atoms with E-state index in [1.165, 1.54) is 17.7 Å². The van der Waals surface area contributed by atoms with Gasteiger partial charge in [0.15, 0.2) is 0 Å². The predicted molar refractivity (Wildman–Crippen MR) is 174 cm³/mol. The Hall–Kier alpha value is -3.98. The van der Waals surface area contributed by atoms with Crippen molar-refractivity contribution in [2.45, 2.75) is 57.7 Å². The summed E-state index contributed by atoms with van der Waals surface area (Å²) in [7, 11) is 0. The molecule has 3 heterocycles. The Morgan fingerprint density at radius 1 is 0.766 bits per heavy atom. The van der Waals surface area contributed by atoms with Gasteiger partial charge >= 0.3 is 6.18 Å². The third kappa shape index (κ3) is 7.78. The molecule has 6 nitrogen and oxygen atoms in total. The molecular formula is C38H42F3N3O3. The van der Waals surface area contributed by atoms with Crippen LogP contribution in [-0.4, -0.2) is 71.6 Å². The molecule has 3 aromatic rings. The lowest BCUT2D eigenvalue weighted by Gasteiger charge is -2.37. The molecule has 0 unspecified atom stereocenters. The highest BCUT2D eigenvalue weighted by atomic mass is 19.4. The van der Waals surface area contributed by atoms with Gasteiger partial charge in [-0.3, -0.25) is 14.4 Å². The molecule has 3 aliphatic heterocycles. The molecule has 0 atom stereocenters. The maximum absolute atomic E-state index is 13.2. The number of benzene rings is 3. The average molecular weight is 646 g/mol. The van der Waals surface area contributed by atoms with Crippen molar-refractivity contribution in [1.29, 1.82) is 0 Å². The molecule has 0 saturated carbocycles. The largest absolute Gasteiger partial charge is 0.416 e. The number of hydrogen-bond donors (Lipinski definition) is 0. The zero-order valence-electron chi connectivity index (χ0n) is 26.7. The van der Waals surface area contributed by atoms with E-state index in [-0.39, 0.29) is 11.7 Å². The highest BCUT2D eigenvalue weighted by molar-refractivity contribution is 6.40. The molecule has 6 rings (SSSR count). The van der Waals surface area contributed by atoms with Gasteiger partial charge in [-0.1, -0.05) is 54.6 Å². The van der Waals surface area contributed by atoms with E-state index >= 15 is 0 Å². The van der Waals surface area contributed by atoms with E-state index in [2.05, 4.69) is 29.2 Å². The summed E-state index contributed by atoms with van der Waals surface area (Å²) in [5.41, 5.74) is 2.38. The summed E-state index contributed by atoms with van der Waals surface area (Å²) in [4.78, 5) is 45.2.